The number of hydrogen-bond donors (Lipinski definition) is 1. The highest BCUT2D eigenvalue weighted by molar-refractivity contribution is 7.92. The zero-order valence-corrected chi connectivity index (χ0v) is 24.2. The number of amides is 2. The van der Waals surface area contributed by atoms with Gasteiger partial charge in [-0.25, -0.2) is 8.42 Å². The van der Waals surface area contributed by atoms with E-state index in [0.29, 0.717) is 36.1 Å². The Bertz CT molecular complexity index is 1280. The number of carbonyl (C=O) groups is 2. The number of fused-ring (bicyclic) bond motifs is 1. The molecule has 2 aliphatic rings. The van der Waals surface area contributed by atoms with E-state index in [4.69, 9.17) is 14.2 Å². The molecule has 1 unspecified atom stereocenters. The summed E-state index contributed by atoms with van der Waals surface area (Å²) >= 11 is 0. The van der Waals surface area contributed by atoms with Crippen molar-refractivity contribution in [3.8, 4) is 17.2 Å². The molecule has 2 amide bonds. The molecule has 0 aromatic heterocycles. The van der Waals surface area contributed by atoms with Crippen molar-refractivity contribution in [2.45, 2.75) is 64.6 Å². The van der Waals surface area contributed by atoms with Crippen LogP contribution in [0.1, 0.15) is 51.5 Å². The zero-order chi connectivity index (χ0) is 28.7. The number of sulfonamides is 1. The third-order valence-electron chi connectivity index (χ3n) is 7.42. The van der Waals surface area contributed by atoms with Gasteiger partial charge in [0.1, 0.15) is 31.5 Å². The molecule has 218 valence electrons. The van der Waals surface area contributed by atoms with E-state index in [2.05, 4.69) is 5.32 Å². The summed E-state index contributed by atoms with van der Waals surface area (Å²) in [6, 6.07) is 11.3. The first-order valence-corrected chi connectivity index (χ1v) is 15.5. The normalized spacial score (nSPS) is 16.1. The van der Waals surface area contributed by atoms with Crippen LogP contribution in [-0.2, 0) is 26.2 Å². The van der Waals surface area contributed by atoms with Crippen molar-refractivity contribution in [1.29, 1.82) is 0 Å². The largest absolute Gasteiger partial charge is 0.497 e. The molecule has 1 N–H and O–H groups in total. The van der Waals surface area contributed by atoms with Crippen LogP contribution in [0, 0.1) is 0 Å². The van der Waals surface area contributed by atoms with Gasteiger partial charge in [0.2, 0.25) is 21.8 Å². The summed E-state index contributed by atoms with van der Waals surface area (Å²) in [4.78, 5) is 28.7. The maximum Gasteiger partial charge on any atom is 0.244 e. The van der Waals surface area contributed by atoms with E-state index >= 15 is 0 Å². The second-order valence-corrected chi connectivity index (χ2v) is 12.3. The fourth-order valence-electron chi connectivity index (χ4n) is 4.99. The zero-order valence-electron chi connectivity index (χ0n) is 23.4. The first-order valence-electron chi connectivity index (χ1n) is 13.8. The molecular weight excluding hydrogens is 534 g/mol. The molecule has 1 saturated carbocycles. The molecule has 11 heteroatoms. The van der Waals surface area contributed by atoms with Crippen LogP contribution in [0.5, 0.6) is 17.2 Å². The fourth-order valence-corrected chi connectivity index (χ4v) is 6.04. The van der Waals surface area contributed by atoms with Gasteiger partial charge in [0.05, 0.1) is 18.6 Å². The average Bonchev–Trinajstić information content (AvgIpc) is 2.98. The van der Waals surface area contributed by atoms with E-state index < -0.39 is 28.5 Å². The summed E-state index contributed by atoms with van der Waals surface area (Å²) in [6.45, 7) is 3.63. The van der Waals surface area contributed by atoms with Crippen molar-refractivity contribution in [2.75, 3.05) is 36.9 Å². The molecular formula is C29H39N3O7S. The molecule has 1 heterocycles. The minimum absolute atomic E-state index is 0.0799. The molecule has 1 atom stereocenters. The number of ether oxygens (including phenoxy) is 3. The third kappa shape index (κ3) is 7.18. The first kappa shape index (κ1) is 29.5. The Morgan fingerprint density at radius 2 is 1.70 bits per heavy atom. The molecule has 0 spiro atoms. The highest BCUT2D eigenvalue weighted by Gasteiger charge is 2.32. The van der Waals surface area contributed by atoms with E-state index in [1.807, 2.05) is 12.1 Å². The summed E-state index contributed by atoms with van der Waals surface area (Å²) in [5.41, 5.74) is 1.08. The SMILES string of the molecule is CCS(=O)(=O)N(CC(=O)N(Cc1ccc(OC)cc1)C(C)C(=O)NC1CCCCC1)c1ccc2c(c1)OCCO2. The molecule has 2 aromatic carbocycles. The number of nitrogens with zero attached hydrogens (tertiary/aromatic N) is 2. The van der Waals surface area contributed by atoms with E-state index in [0.717, 1.165) is 42.0 Å². The molecule has 0 bridgehead atoms. The number of rotatable bonds is 11. The van der Waals surface area contributed by atoms with E-state index in [9.17, 15) is 18.0 Å². The minimum atomic E-state index is -3.85. The van der Waals surface area contributed by atoms with Crippen molar-refractivity contribution in [2.24, 2.45) is 0 Å². The predicted molar refractivity (Wildman–Crippen MR) is 152 cm³/mol. The number of anilines is 1. The van der Waals surface area contributed by atoms with Gasteiger partial charge in [0.15, 0.2) is 11.5 Å². The smallest absolute Gasteiger partial charge is 0.244 e. The summed E-state index contributed by atoms with van der Waals surface area (Å²) in [7, 11) is -2.27. The van der Waals surface area contributed by atoms with Gasteiger partial charge in [0, 0.05) is 18.7 Å². The Hall–Kier alpha value is -3.47. The van der Waals surface area contributed by atoms with Crippen molar-refractivity contribution in [3.63, 3.8) is 0 Å². The van der Waals surface area contributed by atoms with Gasteiger partial charge in [-0.15, -0.1) is 0 Å². The Balaban J connectivity index is 1.61. The number of nitrogens with one attached hydrogen (secondary N) is 1. The van der Waals surface area contributed by atoms with Crippen LogP contribution in [-0.4, -0.2) is 69.8 Å². The Morgan fingerprint density at radius 1 is 1.02 bits per heavy atom. The standard InChI is InChI=1S/C29H39N3O7S/c1-4-40(35,36)32(24-12-15-26-27(18-24)39-17-16-38-26)20-28(33)31(19-22-10-13-25(37-3)14-11-22)21(2)29(34)30-23-8-6-5-7-9-23/h10-15,18,21,23H,4-9,16-17,19-20H2,1-3H3,(H,30,34). The van der Waals surface area contributed by atoms with Crippen LogP contribution in [0.15, 0.2) is 42.5 Å². The molecule has 4 rings (SSSR count). The lowest BCUT2D eigenvalue weighted by atomic mass is 9.95. The van der Waals surface area contributed by atoms with E-state index in [-0.39, 0.29) is 24.2 Å². The van der Waals surface area contributed by atoms with Crippen LogP contribution in [0.2, 0.25) is 0 Å². The Morgan fingerprint density at radius 3 is 2.35 bits per heavy atom. The first-order chi connectivity index (χ1) is 19.2. The maximum absolute atomic E-state index is 13.9. The lowest BCUT2D eigenvalue weighted by Crippen LogP contribution is -2.53. The highest BCUT2D eigenvalue weighted by atomic mass is 32.2. The molecule has 1 aliphatic carbocycles. The number of hydrogen-bond acceptors (Lipinski definition) is 7. The Kier molecular flexibility index (Phi) is 9.78. The minimum Gasteiger partial charge on any atom is -0.497 e. The van der Waals surface area contributed by atoms with Gasteiger partial charge in [0.25, 0.3) is 0 Å². The number of benzene rings is 2. The van der Waals surface area contributed by atoms with Gasteiger partial charge < -0.3 is 24.4 Å². The highest BCUT2D eigenvalue weighted by Crippen LogP contribution is 2.35. The third-order valence-corrected chi connectivity index (χ3v) is 9.17. The summed E-state index contributed by atoms with van der Waals surface area (Å²) < 4.78 is 44.0. The topological polar surface area (TPSA) is 114 Å². The van der Waals surface area contributed by atoms with Crippen LogP contribution >= 0.6 is 0 Å². The van der Waals surface area contributed by atoms with E-state index in [1.165, 1.54) is 11.8 Å². The van der Waals surface area contributed by atoms with Crippen molar-refractivity contribution >= 4 is 27.5 Å². The van der Waals surface area contributed by atoms with Gasteiger partial charge >= 0.3 is 0 Å². The maximum atomic E-state index is 13.9. The van der Waals surface area contributed by atoms with Crippen molar-refractivity contribution < 1.29 is 32.2 Å². The lowest BCUT2D eigenvalue weighted by molar-refractivity contribution is -0.139. The van der Waals surface area contributed by atoms with Crippen molar-refractivity contribution in [1.82, 2.24) is 10.2 Å². The number of methoxy groups -OCH3 is 1. The van der Waals surface area contributed by atoms with Crippen LogP contribution in [0.25, 0.3) is 0 Å². The second-order valence-electron chi connectivity index (χ2n) is 10.1. The van der Waals surface area contributed by atoms with Gasteiger partial charge in [-0.2, -0.15) is 0 Å². The molecule has 1 fully saturated rings. The molecule has 1 aliphatic heterocycles. The molecule has 40 heavy (non-hydrogen) atoms. The van der Waals surface area contributed by atoms with Gasteiger partial charge in [-0.3, -0.25) is 13.9 Å². The fraction of sp³-hybridized carbons (Fsp3) is 0.517. The van der Waals surface area contributed by atoms with E-state index in [1.54, 1.807) is 44.4 Å². The lowest BCUT2D eigenvalue weighted by Gasteiger charge is -2.33. The summed E-state index contributed by atoms with van der Waals surface area (Å²) in [5.74, 6) is 0.660. The van der Waals surface area contributed by atoms with Crippen LogP contribution < -0.4 is 23.8 Å². The average molecular weight is 574 g/mol. The molecule has 0 saturated heterocycles. The van der Waals surface area contributed by atoms with Gasteiger partial charge in [-0.1, -0.05) is 31.4 Å². The molecule has 2 aromatic rings. The summed E-state index contributed by atoms with van der Waals surface area (Å²) in [5, 5.41) is 3.10. The van der Waals surface area contributed by atoms with Crippen molar-refractivity contribution in [3.05, 3.63) is 48.0 Å². The number of carbonyl (C=O) groups excluding carboxylic acids is 2. The Labute approximate surface area is 236 Å². The molecule has 10 nitrogen and oxygen atoms in total. The quantitative estimate of drug-likeness (QED) is 0.438. The van der Waals surface area contributed by atoms with Crippen LogP contribution in [0.4, 0.5) is 5.69 Å². The second kappa shape index (κ2) is 13.3. The molecule has 0 radical (unpaired) electrons. The van der Waals surface area contributed by atoms with Crippen LogP contribution in [0.3, 0.4) is 0 Å². The predicted octanol–water partition coefficient (Wildman–Crippen LogP) is 3.49. The van der Waals surface area contributed by atoms with Gasteiger partial charge in [-0.05, 0) is 56.5 Å². The monoisotopic (exact) mass is 573 g/mol. The summed E-state index contributed by atoms with van der Waals surface area (Å²) in [6.07, 6.45) is 5.11.